The molecule has 120 valence electrons. The first kappa shape index (κ1) is 15.6. The van der Waals surface area contributed by atoms with Crippen molar-refractivity contribution in [2.24, 2.45) is 5.92 Å². The summed E-state index contributed by atoms with van der Waals surface area (Å²) in [7, 11) is -3.59. The molecule has 1 aliphatic carbocycles. The highest BCUT2D eigenvalue weighted by molar-refractivity contribution is 7.89. The summed E-state index contributed by atoms with van der Waals surface area (Å²) >= 11 is 0. The molecule has 6 nitrogen and oxygen atoms in total. The predicted octanol–water partition coefficient (Wildman–Crippen LogP) is 2.02. The van der Waals surface area contributed by atoms with Crippen LogP contribution in [0, 0.1) is 5.92 Å². The molecule has 1 aromatic heterocycles. The van der Waals surface area contributed by atoms with Crippen LogP contribution in [-0.2, 0) is 10.0 Å². The summed E-state index contributed by atoms with van der Waals surface area (Å²) in [5, 5.41) is 2.68. The van der Waals surface area contributed by atoms with Crippen molar-refractivity contribution in [1.29, 1.82) is 0 Å². The second kappa shape index (κ2) is 6.47. The van der Waals surface area contributed by atoms with Crippen LogP contribution in [0.3, 0.4) is 0 Å². The van der Waals surface area contributed by atoms with Gasteiger partial charge in [-0.2, -0.15) is 0 Å². The molecule has 1 fully saturated rings. The first-order valence-corrected chi connectivity index (χ1v) is 8.84. The lowest BCUT2D eigenvalue weighted by Crippen LogP contribution is -2.26. The number of carbonyl (C=O) groups is 1. The van der Waals surface area contributed by atoms with E-state index in [1.807, 2.05) is 0 Å². The van der Waals surface area contributed by atoms with Crippen LogP contribution < -0.4 is 10.0 Å². The summed E-state index contributed by atoms with van der Waals surface area (Å²) in [4.78, 5) is 16.2. The molecule has 1 amide bonds. The number of amides is 1. The molecular formula is C16H17N3O3S. The number of pyridine rings is 1. The summed E-state index contributed by atoms with van der Waals surface area (Å²) < 4.78 is 27.1. The van der Waals surface area contributed by atoms with Crippen LogP contribution in [0.25, 0.3) is 0 Å². The van der Waals surface area contributed by atoms with Gasteiger partial charge in [-0.25, -0.2) is 13.1 Å². The molecular weight excluding hydrogens is 314 g/mol. The summed E-state index contributed by atoms with van der Waals surface area (Å²) in [6, 6.07) is 9.41. The normalized spacial score (nSPS) is 14.4. The summed E-state index contributed by atoms with van der Waals surface area (Å²) in [6.07, 6.45) is 5.26. The Morgan fingerprint density at radius 2 is 2.04 bits per heavy atom. The van der Waals surface area contributed by atoms with Gasteiger partial charge in [0.2, 0.25) is 10.0 Å². The molecule has 0 bridgehead atoms. The van der Waals surface area contributed by atoms with E-state index in [9.17, 15) is 13.2 Å². The fraction of sp³-hybridized carbons (Fsp3) is 0.250. The third kappa shape index (κ3) is 4.14. The standard InChI is InChI=1S/C16H17N3O3S/c20-16(19-14-4-2-8-17-11-14)13-3-1-5-15(9-13)23(21,22)18-10-12-6-7-12/h1-5,8-9,11-12,18H,6-7,10H2,(H,19,20). The van der Waals surface area contributed by atoms with Crippen molar-refractivity contribution < 1.29 is 13.2 Å². The van der Waals surface area contributed by atoms with E-state index in [1.54, 1.807) is 30.5 Å². The van der Waals surface area contributed by atoms with E-state index in [0.717, 1.165) is 12.8 Å². The number of sulfonamides is 1. The number of anilines is 1. The first-order valence-electron chi connectivity index (χ1n) is 7.36. The van der Waals surface area contributed by atoms with E-state index in [-0.39, 0.29) is 16.4 Å². The van der Waals surface area contributed by atoms with Crippen molar-refractivity contribution >= 4 is 21.6 Å². The highest BCUT2D eigenvalue weighted by atomic mass is 32.2. The zero-order valence-electron chi connectivity index (χ0n) is 12.4. The van der Waals surface area contributed by atoms with E-state index in [4.69, 9.17) is 0 Å². The van der Waals surface area contributed by atoms with E-state index in [1.165, 1.54) is 18.3 Å². The Bertz CT molecular complexity index is 802. The maximum absolute atomic E-state index is 12.2. The fourth-order valence-electron chi connectivity index (χ4n) is 2.08. The Balaban J connectivity index is 1.74. The average molecular weight is 331 g/mol. The lowest BCUT2D eigenvalue weighted by molar-refractivity contribution is 0.102. The Labute approximate surface area is 135 Å². The van der Waals surface area contributed by atoms with Gasteiger partial charge in [-0.15, -0.1) is 0 Å². The lowest BCUT2D eigenvalue weighted by atomic mass is 10.2. The van der Waals surface area contributed by atoms with Gasteiger partial charge in [-0.05, 0) is 49.1 Å². The van der Waals surface area contributed by atoms with Gasteiger partial charge in [-0.3, -0.25) is 9.78 Å². The van der Waals surface area contributed by atoms with Gasteiger partial charge in [-0.1, -0.05) is 6.07 Å². The highest BCUT2D eigenvalue weighted by Gasteiger charge is 2.24. The van der Waals surface area contributed by atoms with Crippen molar-refractivity contribution in [3.05, 3.63) is 54.4 Å². The molecule has 1 aliphatic rings. The van der Waals surface area contributed by atoms with Gasteiger partial charge in [0.15, 0.2) is 0 Å². The van der Waals surface area contributed by atoms with E-state index in [0.29, 0.717) is 18.2 Å². The molecule has 3 rings (SSSR count). The van der Waals surface area contributed by atoms with Crippen LogP contribution in [0.4, 0.5) is 5.69 Å². The van der Waals surface area contributed by atoms with Gasteiger partial charge in [0.1, 0.15) is 0 Å². The zero-order chi connectivity index (χ0) is 16.3. The van der Waals surface area contributed by atoms with E-state index in [2.05, 4.69) is 15.0 Å². The predicted molar refractivity (Wildman–Crippen MR) is 86.5 cm³/mol. The monoisotopic (exact) mass is 331 g/mol. The summed E-state index contributed by atoms with van der Waals surface area (Å²) in [5.41, 5.74) is 0.834. The zero-order valence-corrected chi connectivity index (χ0v) is 13.2. The Morgan fingerprint density at radius 3 is 2.74 bits per heavy atom. The number of carbonyl (C=O) groups excluding carboxylic acids is 1. The fourth-order valence-corrected chi connectivity index (χ4v) is 3.24. The Kier molecular flexibility index (Phi) is 4.40. The van der Waals surface area contributed by atoms with Crippen LogP contribution in [0.15, 0.2) is 53.7 Å². The molecule has 1 heterocycles. The summed E-state index contributed by atoms with van der Waals surface area (Å²) in [6.45, 7) is 0.453. The van der Waals surface area contributed by atoms with E-state index >= 15 is 0 Å². The maximum atomic E-state index is 12.2. The number of hydrogen-bond acceptors (Lipinski definition) is 4. The Hall–Kier alpha value is -2.25. The largest absolute Gasteiger partial charge is 0.321 e. The highest BCUT2D eigenvalue weighted by Crippen LogP contribution is 2.28. The quantitative estimate of drug-likeness (QED) is 0.847. The number of rotatable bonds is 6. The minimum atomic E-state index is -3.59. The molecule has 2 N–H and O–H groups in total. The number of benzene rings is 1. The number of nitrogens with one attached hydrogen (secondary N) is 2. The van der Waals surface area contributed by atoms with Gasteiger partial charge < -0.3 is 5.32 Å². The second-order valence-electron chi connectivity index (χ2n) is 5.52. The molecule has 2 aromatic rings. The molecule has 1 aromatic carbocycles. The van der Waals surface area contributed by atoms with Crippen molar-refractivity contribution in [1.82, 2.24) is 9.71 Å². The smallest absolute Gasteiger partial charge is 0.255 e. The number of aromatic nitrogens is 1. The van der Waals surface area contributed by atoms with Crippen LogP contribution in [0.5, 0.6) is 0 Å². The van der Waals surface area contributed by atoms with Crippen LogP contribution >= 0.6 is 0 Å². The topological polar surface area (TPSA) is 88.2 Å². The molecule has 0 unspecified atom stereocenters. The maximum Gasteiger partial charge on any atom is 0.255 e. The average Bonchev–Trinajstić information content (AvgIpc) is 3.38. The summed E-state index contributed by atoms with van der Waals surface area (Å²) in [5.74, 6) is 0.0686. The Morgan fingerprint density at radius 1 is 1.22 bits per heavy atom. The van der Waals surface area contributed by atoms with Crippen molar-refractivity contribution in [2.75, 3.05) is 11.9 Å². The second-order valence-corrected chi connectivity index (χ2v) is 7.29. The third-order valence-electron chi connectivity index (χ3n) is 3.58. The van der Waals surface area contributed by atoms with Gasteiger partial charge in [0.05, 0.1) is 16.8 Å². The van der Waals surface area contributed by atoms with Gasteiger partial charge in [0, 0.05) is 18.3 Å². The molecule has 0 atom stereocenters. The van der Waals surface area contributed by atoms with Crippen LogP contribution in [0.2, 0.25) is 0 Å². The lowest BCUT2D eigenvalue weighted by Gasteiger charge is -2.08. The van der Waals surface area contributed by atoms with Crippen LogP contribution in [0.1, 0.15) is 23.2 Å². The number of hydrogen-bond donors (Lipinski definition) is 2. The number of nitrogens with zero attached hydrogens (tertiary/aromatic N) is 1. The van der Waals surface area contributed by atoms with E-state index < -0.39 is 10.0 Å². The minimum Gasteiger partial charge on any atom is -0.321 e. The first-order chi connectivity index (χ1) is 11.0. The molecule has 0 aliphatic heterocycles. The van der Waals surface area contributed by atoms with Gasteiger partial charge >= 0.3 is 0 Å². The van der Waals surface area contributed by atoms with Crippen molar-refractivity contribution in [3.8, 4) is 0 Å². The molecule has 7 heteroatoms. The molecule has 0 spiro atoms. The molecule has 1 saturated carbocycles. The molecule has 0 saturated heterocycles. The molecule has 23 heavy (non-hydrogen) atoms. The van der Waals surface area contributed by atoms with Crippen molar-refractivity contribution in [2.45, 2.75) is 17.7 Å². The van der Waals surface area contributed by atoms with Crippen LogP contribution in [-0.4, -0.2) is 25.9 Å². The SMILES string of the molecule is O=C(Nc1cccnc1)c1cccc(S(=O)(=O)NCC2CC2)c1. The third-order valence-corrected chi connectivity index (χ3v) is 5.01. The van der Waals surface area contributed by atoms with Crippen molar-refractivity contribution in [3.63, 3.8) is 0 Å². The molecule has 0 radical (unpaired) electrons. The van der Waals surface area contributed by atoms with Gasteiger partial charge in [0.25, 0.3) is 5.91 Å². The minimum absolute atomic E-state index is 0.0944.